The van der Waals surface area contributed by atoms with Gasteiger partial charge in [0, 0.05) is 11.6 Å². The third kappa shape index (κ3) is 3.85. The number of nitrogens with one attached hydrogen (secondary N) is 1. The van der Waals surface area contributed by atoms with Crippen molar-refractivity contribution in [2.24, 2.45) is 0 Å². The second-order valence-corrected chi connectivity index (χ2v) is 5.41. The summed E-state index contributed by atoms with van der Waals surface area (Å²) in [6.45, 7) is 3.53. The van der Waals surface area contributed by atoms with Crippen LogP contribution in [0.15, 0.2) is 18.2 Å². The molecule has 106 valence electrons. The molecule has 2 unspecified atom stereocenters. The maximum Gasteiger partial charge on any atom is 0.142 e. The lowest BCUT2D eigenvalue weighted by Crippen LogP contribution is -2.25. The van der Waals surface area contributed by atoms with E-state index in [0.717, 1.165) is 43.5 Å². The van der Waals surface area contributed by atoms with E-state index < -0.39 is 0 Å². The molecule has 0 fully saturated rings. The Hall–Kier alpha value is -0.770. The summed E-state index contributed by atoms with van der Waals surface area (Å²) < 4.78 is 5.74. The van der Waals surface area contributed by atoms with Crippen LogP contribution in [0, 0.1) is 0 Å². The van der Waals surface area contributed by atoms with Gasteiger partial charge in [-0.15, -0.1) is 0 Å². The minimum atomic E-state index is -0.214. The smallest absolute Gasteiger partial charge is 0.142 e. The monoisotopic (exact) mass is 283 g/mol. The number of aliphatic hydroxyl groups excluding tert-OH is 1. The van der Waals surface area contributed by atoms with Crippen LogP contribution in [0.4, 0.5) is 0 Å². The summed E-state index contributed by atoms with van der Waals surface area (Å²) in [5.74, 6) is 0.815. The first-order chi connectivity index (χ1) is 9.22. The Morgan fingerprint density at radius 3 is 3.16 bits per heavy atom. The molecular weight excluding hydrogens is 262 g/mol. The van der Waals surface area contributed by atoms with Gasteiger partial charge in [0.2, 0.25) is 0 Å². The van der Waals surface area contributed by atoms with E-state index in [0.29, 0.717) is 11.6 Å². The highest BCUT2D eigenvalue weighted by molar-refractivity contribution is 6.32. The molecule has 1 aliphatic heterocycles. The van der Waals surface area contributed by atoms with Crippen LogP contribution < -0.4 is 10.1 Å². The number of hydrogen-bond donors (Lipinski definition) is 2. The van der Waals surface area contributed by atoms with Crippen molar-refractivity contribution in [1.29, 1.82) is 0 Å². The fraction of sp³-hybridized carbons (Fsp3) is 0.600. The molecule has 2 atom stereocenters. The molecule has 1 aliphatic rings. The number of para-hydroxylation sites is 1. The van der Waals surface area contributed by atoms with E-state index in [9.17, 15) is 5.11 Å². The molecule has 2 rings (SSSR count). The average Bonchev–Trinajstić information content (AvgIpc) is 2.62. The minimum Gasteiger partial charge on any atom is -0.492 e. The summed E-state index contributed by atoms with van der Waals surface area (Å²) >= 11 is 6.19. The number of fused-ring (bicyclic) bond motifs is 1. The Morgan fingerprint density at radius 2 is 2.37 bits per heavy atom. The van der Waals surface area contributed by atoms with Gasteiger partial charge in [-0.05, 0) is 38.3 Å². The molecule has 0 aliphatic carbocycles. The Labute approximate surface area is 119 Å². The summed E-state index contributed by atoms with van der Waals surface area (Å²) in [4.78, 5) is 0. The summed E-state index contributed by atoms with van der Waals surface area (Å²) in [6, 6.07) is 6.16. The molecule has 0 saturated carbocycles. The first kappa shape index (κ1) is 14.6. The van der Waals surface area contributed by atoms with E-state index in [1.807, 2.05) is 19.1 Å². The fourth-order valence-electron chi connectivity index (χ4n) is 2.41. The van der Waals surface area contributed by atoms with Gasteiger partial charge >= 0.3 is 0 Å². The van der Waals surface area contributed by atoms with Gasteiger partial charge < -0.3 is 15.2 Å². The van der Waals surface area contributed by atoms with Crippen LogP contribution in [-0.4, -0.2) is 24.4 Å². The highest BCUT2D eigenvalue weighted by Crippen LogP contribution is 2.36. The predicted molar refractivity (Wildman–Crippen MR) is 77.8 cm³/mol. The SMILES string of the molecule is CCC(O)CCNC1CCCOc2c(Cl)cccc21. The molecule has 0 radical (unpaired) electrons. The minimum absolute atomic E-state index is 0.214. The molecule has 3 nitrogen and oxygen atoms in total. The van der Waals surface area contributed by atoms with E-state index in [4.69, 9.17) is 16.3 Å². The lowest BCUT2D eigenvalue weighted by molar-refractivity contribution is 0.158. The topological polar surface area (TPSA) is 41.5 Å². The highest BCUT2D eigenvalue weighted by atomic mass is 35.5. The number of hydrogen-bond acceptors (Lipinski definition) is 3. The van der Waals surface area contributed by atoms with Gasteiger partial charge in [0.15, 0.2) is 0 Å². The molecule has 1 heterocycles. The first-order valence-electron chi connectivity index (χ1n) is 7.05. The molecular formula is C15H22ClNO2. The van der Waals surface area contributed by atoms with Gasteiger partial charge in [-0.1, -0.05) is 30.7 Å². The average molecular weight is 284 g/mol. The number of aliphatic hydroxyl groups is 1. The van der Waals surface area contributed by atoms with Crippen LogP contribution in [0.5, 0.6) is 5.75 Å². The predicted octanol–water partition coefficient (Wildman–Crippen LogP) is 3.30. The summed E-state index contributed by atoms with van der Waals surface area (Å²) in [6.07, 6.45) is 3.42. The fourth-order valence-corrected chi connectivity index (χ4v) is 2.65. The second kappa shape index (κ2) is 7.13. The third-order valence-corrected chi connectivity index (χ3v) is 3.89. The van der Waals surface area contributed by atoms with Crippen molar-refractivity contribution >= 4 is 11.6 Å². The summed E-state index contributed by atoms with van der Waals surface area (Å²) in [5.41, 5.74) is 1.14. The van der Waals surface area contributed by atoms with Gasteiger partial charge in [-0.3, -0.25) is 0 Å². The molecule has 2 N–H and O–H groups in total. The quantitative estimate of drug-likeness (QED) is 0.871. The molecule has 1 aromatic carbocycles. The van der Waals surface area contributed by atoms with Crippen molar-refractivity contribution in [2.75, 3.05) is 13.2 Å². The van der Waals surface area contributed by atoms with Crippen LogP contribution in [0.3, 0.4) is 0 Å². The molecule has 0 amide bonds. The van der Waals surface area contributed by atoms with Crippen LogP contribution >= 0.6 is 11.6 Å². The standard InChI is InChI=1S/C15H22ClNO2/c1-2-11(18)8-9-17-14-7-4-10-19-15-12(14)5-3-6-13(15)16/h3,5-6,11,14,17-18H,2,4,7-10H2,1H3. The number of ether oxygens (including phenoxy) is 1. The summed E-state index contributed by atoms with van der Waals surface area (Å²) in [7, 11) is 0. The van der Waals surface area contributed by atoms with Crippen LogP contribution in [-0.2, 0) is 0 Å². The van der Waals surface area contributed by atoms with E-state index in [2.05, 4.69) is 11.4 Å². The van der Waals surface area contributed by atoms with Crippen LogP contribution in [0.25, 0.3) is 0 Å². The zero-order valence-electron chi connectivity index (χ0n) is 11.4. The zero-order chi connectivity index (χ0) is 13.7. The number of halogens is 1. The molecule has 0 spiro atoms. The molecule has 19 heavy (non-hydrogen) atoms. The van der Waals surface area contributed by atoms with Crippen LogP contribution in [0.2, 0.25) is 5.02 Å². The van der Waals surface area contributed by atoms with Crippen molar-refractivity contribution in [1.82, 2.24) is 5.32 Å². The molecule has 0 saturated heterocycles. The second-order valence-electron chi connectivity index (χ2n) is 5.01. The van der Waals surface area contributed by atoms with Gasteiger partial charge in [-0.25, -0.2) is 0 Å². The van der Waals surface area contributed by atoms with E-state index >= 15 is 0 Å². The molecule has 0 bridgehead atoms. The Bertz CT molecular complexity index is 411. The third-order valence-electron chi connectivity index (χ3n) is 3.60. The highest BCUT2D eigenvalue weighted by Gasteiger charge is 2.21. The van der Waals surface area contributed by atoms with Gasteiger partial charge in [-0.2, -0.15) is 0 Å². The zero-order valence-corrected chi connectivity index (χ0v) is 12.1. The Balaban J connectivity index is 2.03. The van der Waals surface area contributed by atoms with Crippen molar-refractivity contribution in [3.8, 4) is 5.75 Å². The van der Waals surface area contributed by atoms with Crippen molar-refractivity contribution in [2.45, 2.75) is 44.8 Å². The first-order valence-corrected chi connectivity index (χ1v) is 7.42. The van der Waals surface area contributed by atoms with Crippen molar-refractivity contribution in [3.05, 3.63) is 28.8 Å². The molecule has 1 aromatic rings. The van der Waals surface area contributed by atoms with E-state index in [1.165, 1.54) is 0 Å². The van der Waals surface area contributed by atoms with Crippen LogP contribution in [0.1, 0.15) is 44.2 Å². The largest absolute Gasteiger partial charge is 0.492 e. The maximum atomic E-state index is 9.60. The lowest BCUT2D eigenvalue weighted by Gasteiger charge is -2.19. The Kier molecular flexibility index (Phi) is 5.49. The lowest BCUT2D eigenvalue weighted by atomic mass is 10.0. The molecule has 0 aromatic heterocycles. The Morgan fingerprint density at radius 1 is 1.53 bits per heavy atom. The van der Waals surface area contributed by atoms with Crippen molar-refractivity contribution < 1.29 is 9.84 Å². The number of benzene rings is 1. The normalized spacial score (nSPS) is 20.3. The van der Waals surface area contributed by atoms with Gasteiger partial charge in [0.25, 0.3) is 0 Å². The van der Waals surface area contributed by atoms with Gasteiger partial charge in [0.1, 0.15) is 5.75 Å². The van der Waals surface area contributed by atoms with Crippen molar-refractivity contribution in [3.63, 3.8) is 0 Å². The maximum absolute atomic E-state index is 9.60. The molecule has 4 heteroatoms. The number of rotatable bonds is 5. The summed E-state index contributed by atoms with van der Waals surface area (Å²) in [5, 5.41) is 13.8. The van der Waals surface area contributed by atoms with E-state index in [1.54, 1.807) is 0 Å². The van der Waals surface area contributed by atoms with Gasteiger partial charge in [0.05, 0.1) is 17.7 Å². The van der Waals surface area contributed by atoms with E-state index in [-0.39, 0.29) is 12.1 Å².